The second-order valence-corrected chi connectivity index (χ2v) is 5.11. The molecular formula is C14H23N3O. The number of hydrogen-bond donors (Lipinski definition) is 1. The summed E-state index contributed by atoms with van der Waals surface area (Å²) in [5.74, 6) is 0. The van der Waals surface area contributed by atoms with Crippen LogP contribution in [0.15, 0.2) is 23.1 Å². The van der Waals surface area contributed by atoms with Crippen molar-refractivity contribution in [3.8, 4) is 0 Å². The highest BCUT2D eigenvalue weighted by molar-refractivity contribution is 5.33. The third-order valence-corrected chi connectivity index (χ3v) is 3.42. The van der Waals surface area contributed by atoms with Gasteiger partial charge in [-0.15, -0.1) is 0 Å². The summed E-state index contributed by atoms with van der Waals surface area (Å²) in [4.78, 5) is 14.2. The molecule has 1 aromatic heterocycles. The van der Waals surface area contributed by atoms with Crippen molar-refractivity contribution in [2.75, 3.05) is 18.8 Å². The van der Waals surface area contributed by atoms with Gasteiger partial charge in [-0.05, 0) is 38.3 Å². The molecule has 4 heteroatoms. The fourth-order valence-corrected chi connectivity index (χ4v) is 2.37. The van der Waals surface area contributed by atoms with Gasteiger partial charge < -0.3 is 15.2 Å². The molecule has 0 aliphatic heterocycles. The quantitative estimate of drug-likeness (QED) is 0.800. The van der Waals surface area contributed by atoms with Crippen molar-refractivity contribution < 1.29 is 0 Å². The highest BCUT2D eigenvalue weighted by Crippen LogP contribution is 2.26. The Kier molecular flexibility index (Phi) is 4.42. The van der Waals surface area contributed by atoms with Crippen LogP contribution in [0.2, 0.25) is 0 Å². The van der Waals surface area contributed by atoms with Crippen LogP contribution in [0.3, 0.4) is 0 Å². The summed E-state index contributed by atoms with van der Waals surface area (Å²) in [6.45, 7) is 5.24. The molecule has 0 atom stereocenters. The minimum Gasteiger partial charge on any atom is -0.398 e. The van der Waals surface area contributed by atoms with Gasteiger partial charge in [-0.3, -0.25) is 4.79 Å². The molecule has 0 bridgehead atoms. The van der Waals surface area contributed by atoms with Crippen LogP contribution in [-0.4, -0.2) is 28.6 Å². The van der Waals surface area contributed by atoms with Gasteiger partial charge in [0.25, 0.3) is 5.56 Å². The molecule has 2 N–H and O–H groups in total. The van der Waals surface area contributed by atoms with E-state index in [9.17, 15) is 4.79 Å². The molecule has 0 aromatic carbocycles. The van der Waals surface area contributed by atoms with E-state index in [0.29, 0.717) is 5.69 Å². The lowest BCUT2D eigenvalue weighted by atomic mass is 10.3. The van der Waals surface area contributed by atoms with E-state index < -0.39 is 0 Å². The van der Waals surface area contributed by atoms with E-state index in [1.165, 1.54) is 25.8 Å². The Labute approximate surface area is 108 Å². The van der Waals surface area contributed by atoms with Crippen molar-refractivity contribution in [1.82, 2.24) is 9.47 Å². The highest BCUT2D eigenvalue weighted by Gasteiger charge is 2.27. The Morgan fingerprint density at radius 1 is 1.39 bits per heavy atom. The lowest BCUT2D eigenvalue weighted by molar-refractivity contribution is 0.255. The molecule has 1 aliphatic rings. The van der Waals surface area contributed by atoms with Gasteiger partial charge in [-0.1, -0.05) is 6.92 Å². The first-order chi connectivity index (χ1) is 8.70. The molecule has 1 fully saturated rings. The summed E-state index contributed by atoms with van der Waals surface area (Å²) >= 11 is 0. The third kappa shape index (κ3) is 3.60. The molecule has 1 saturated carbocycles. The third-order valence-electron chi connectivity index (χ3n) is 3.42. The average molecular weight is 249 g/mol. The van der Waals surface area contributed by atoms with E-state index in [2.05, 4.69) is 11.8 Å². The van der Waals surface area contributed by atoms with Crippen molar-refractivity contribution >= 4 is 5.69 Å². The molecule has 4 nitrogen and oxygen atoms in total. The Balaban J connectivity index is 1.83. The lowest BCUT2D eigenvalue weighted by Gasteiger charge is -2.21. The fraction of sp³-hybridized carbons (Fsp3) is 0.643. The van der Waals surface area contributed by atoms with E-state index >= 15 is 0 Å². The van der Waals surface area contributed by atoms with Gasteiger partial charge in [0.05, 0.1) is 0 Å². The highest BCUT2D eigenvalue weighted by atomic mass is 16.1. The number of nitrogens with two attached hydrogens (primary N) is 1. The fourth-order valence-electron chi connectivity index (χ4n) is 2.37. The maximum absolute atomic E-state index is 11.6. The standard InChI is InChI=1S/C14H23N3O/c1-2-8-16(13-5-6-13)9-3-10-17-11-12(15)4-7-14(17)18/h4,7,11,13H,2-3,5-6,8-10,15H2,1H3. The van der Waals surface area contributed by atoms with Gasteiger partial charge in [-0.25, -0.2) is 0 Å². The molecule has 0 saturated heterocycles. The predicted molar refractivity (Wildman–Crippen MR) is 74.6 cm³/mol. The van der Waals surface area contributed by atoms with Crippen molar-refractivity contribution in [3.05, 3.63) is 28.7 Å². The first-order valence-corrected chi connectivity index (χ1v) is 6.90. The van der Waals surface area contributed by atoms with Gasteiger partial charge in [0.1, 0.15) is 0 Å². The molecule has 0 spiro atoms. The van der Waals surface area contributed by atoms with Crippen LogP contribution in [-0.2, 0) is 6.54 Å². The number of hydrogen-bond acceptors (Lipinski definition) is 3. The summed E-state index contributed by atoms with van der Waals surface area (Å²) in [6.07, 6.45) is 6.65. The van der Waals surface area contributed by atoms with Crippen LogP contribution in [0.5, 0.6) is 0 Å². The van der Waals surface area contributed by atoms with E-state index in [-0.39, 0.29) is 5.56 Å². The van der Waals surface area contributed by atoms with Crippen molar-refractivity contribution in [3.63, 3.8) is 0 Å². The number of rotatable bonds is 7. The number of aromatic nitrogens is 1. The Morgan fingerprint density at radius 3 is 2.83 bits per heavy atom. The molecular weight excluding hydrogens is 226 g/mol. The molecule has 0 radical (unpaired) electrons. The first kappa shape index (κ1) is 13.1. The Morgan fingerprint density at radius 2 is 2.17 bits per heavy atom. The number of nitrogens with zero attached hydrogens (tertiary/aromatic N) is 2. The zero-order valence-corrected chi connectivity index (χ0v) is 11.1. The van der Waals surface area contributed by atoms with Gasteiger partial charge >= 0.3 is 0 Å². The van der Waals surface area contributed by atoms with Gasteiger partial charge in [0, 0.05) is 37.1 Å². The second-order valence-electron chi connectivity index (χ2n) is 5.11. The molecule has 0 unspecified atom stereocenters. The van der Waals surface area contributed by atoms with Crippen LogP contribution >= 0.6 is 0 Å². The van der Waals surface area contributed by atoms with Crippen LogP contribution < -0.4 is 11.3 Å². The molecule has 1 heterocycles. The van der Waals surface area contributed by atoms with Gasteiger partial charge in [0.2, 0.25) is 0 Å². The molecule has 0 amide bonds. The number of anilines is 1. The van der Waals surface area contributed by atoms with E-state index in [1.807, 2.05) is 0 Å². The monoisotopic (exact) mass is 249 g/mol. The predicted octanol–water partition coefficient (Wildman–Crippen LogP) is 1.70. The lowest BCUT2D eigenvalue weighted by Crippen LogP contribution is -2.29. The maximum Gasteiger partial charge on any atom is 0.250 e. The second kappa shape index (κ2) is 6.05. The average Bonchev–Trinajstić information content (AvgIpc) is 3.16. The van der Waals surface area contributed by atoms with Crippen LogP contribution in [0.25, 0.3) is 0 Å². The number of nitrogen functional groups attached to an aromatic ring is 1. The zero-order chi connectivity index (χ0) is 13.0. The van der Waals surface area contributed by atoms with Crippen molar-refractivity contribution in [2.45, 2.75) is 45.2 Å². The summed E-state index contributed by atoms with van der Waals surface area (Å²) in [5, 5.41) is 0. The zero-order valence-electron chi connectivity index (χ0n) is 11.1. The molecule has 100 valence electrons. The number of aryl methyl sites for hydroxylation is 1. The molecule has 2 rings (SSSR count). The first-order valence-electron chi connectivity index (χ1n) is 6.90. The smallest absolute Gasteiger partial charge is 0.250 e. The van der Waals surface area contributed by atoms with Crippen LogP contribution in [0.1, 0.15) is 32.6 Å². The Hall–Kier alpha value is -1.29. The topological polar surface area (TPSA) is 51.3 Å². The van der Waals surface area contributed by atoms with Crippen LogP contribution in [0, 0.1) is 0 Å². The maximum atomic E-state index is 11.6. The molecule has 1 aromatic rings. The minimum absolute atomic E-state index is 0.0395. The Bertz CT molecular complexity index is 437. The summed E-state index contributed by atoms with van der Waals surface area (Å²) in [5.41, 5.74) is 6.39. The largest absolute Gasteiger partial charge is 0.398 e. The van der Waals surface area contributed by atoms with Crippen LogP contribution in [0.4, 0.5) is 5.69 Å². The van der Waals surface area contributed by atoms with E-state index in [0.717, 1.165) is 25.6 Å². The van der Waals surface area contributed by atoms with Crippen molar-refractivity contribution in [1.29, 1.82) is 0 Å². The SMILES string of the molecule is CCCN(CCCn1cc(N)ccc1=O)C1CC1. The number of pyridine rings is 1. The normalized spacial score (nSPS) is 15.2. The summed E-state index contributed by atoms with van der Waals surface area (Å²) < 4.78 is 1.71. The summed E-state index contributed by atoms with van der Waals surface area (Å²) in [6, 6.07) is 4.01. The van der Waals surface area contributed by atoms with Crippen molar-refractivity contribution in [2.24, 2.45) is 0 Å². The summed E-state index contributed by atoms with van der Waals surface area (Å²) in [7, 11) is 0. The minimum atomic E-state index is 0.0395. The van der Waals surface area contributed by atoms with Gasteiger partial charge in [0.15, 0.2) is 0 Å². The molecule has 18 heavy (non-hydrogen) atoms. The van der Waals surface area contributed by atoms with E-state index in [4.69, 9.17) is 5.73 Å². The van der Waals surface area contributed by atoms with E-state index in [1.54, 1.807) is 22.9 Å². The molecule has 1 aliphatic carbocycles. The van der Waals surface area contributed by atoms with Gasteiger partial charge in [-0.2, -0.15) is 0 Å².